The Morgan fingerprint density at radius 3 is 2.43 bits per heavy atom. The van der Waals surface area contributed by atoms with Crippen molar-refractivity contribution in [3.63, 3.8) is 0 Å². The summed E-state index contributed by atoms with van der Waals surface area (Å²) in [5, 5.41) is 3.68. The second-order valence-electron chi connectivity index (χ2n) is 4.29. The van der Waals surface area contributed by atoms with Gasteiger partial charge in [0.25, 0.3) is 0 Å². The minimum Gasteiger partial charge on any atom is -0.303 e. The highest BCUT2D eigenvalue weighted by Crippen LogP contribution is 2.36. The molecule has 1 aromatic rings. The molecule has 0 amide bonds. The minimum absolute atomic E-state index is 0.556. The van der Waals surface area contributed by atoms with E-state index >= 15 is 0 Å². The summed E-state index contributed by atoms with van der Waals surface area (Å²) in [6, 6.07) is 12.0. The number of hydrogen-bond donors (Lipinski definition) is 1. The lowest BCUT2D eigenvalue weighted by Crippen LogP contribution is -2.43. The van der Waals surface area contributed by atoms with Crippen LogP contribution in [0.15, 0.2) is 42.5 Å². The lowest BCUT2D eigenvalue weighted by Gasteiger charge is -2.39. The van der Waals surface area contributed by atoms with Crippen molar-refractivity contribution in [2.45, 2.75) is 24.9 Å². The Morgan fingerprint density at radius 1 is 1.00 bits per heavy atom. The molecule has 0 aromatic heterocycles. The molecular weight excluding hydrogens is 170 g/mol. The monoisotopic (exact) mass is 185 g/mol. The standard InChI is InChI=1S/C13H15N/c1-2-4-10(5-3-1)13-11-6-8-12(14-13)9-7-11/h1-6,8,11-14H,7,9H2/t11-,12+,13?/m1/s1. The maximum atomic E-state index is 3.68. The van der Waals surface area contributed by atoms with Crippen molar-refractivity contribution in [2.75, 3.05) is 0 Å². The van der Waals surface area contributed by atoms with Gasteiger partial charge in [0.2, 0.25) is 0 Å². The fourth-order valence-electron chi connectivity index (χ4n) is 2.62. The highest BCUT2D eigenvalue weighted by Gasteiger charge is 2.31. The van der Waals surface area contributed by atoms with Crippen molar-refractivity contribution in [3.8, 4) is 0 Å². The van der Waals surface area contributed by atoms with Crippen LogP contribution in [-0.4, -0.2) is 6.04 Å². The van der Waals surface area contributed by atoms with Crippen molar-refractivity contribution in [3.05, 3.63) is 48.0 Å². The first-order chi connectivity index (χ1) is 6.93. The number of fused-ring (bicyclic) bond motifs is 2. The molecule has 3 atom stereocenters. The molecule has 3 aliphatic rings. The van der Waals surface area contributed by atoms with E-state index in [-0.39, 0.29) is 0 Å². The van der Waals surface area contributed by atoms with Gasteiger partial charge < -0.3 is 5.32 Å². The van der Waals surface area contributed by atoms with Gasteiger partial charge in [0.05, 0.1) is 0 Å². The van der Waals surface area contributed by atoms with Gasteiger partial charge in [0, 0.05) is 12.1 Å². The third kappa shape index (κ3) is 1.28. The van der Waals surface area contributed by atoms with Crippen LogP contribution in [0, 0.1) is 5.92 Å². The molecule has 72 valence electrons. The second-order valence-corrected chi connectivity index (χ2v) is 4.29. The molecule has 1 nitrogen and oxygen atoms in total. The van der Waals surface area contributed by atoms with Crippen molar-refractivity contribution in [1.29, 1.82) is 0 Å². The summed E-state index contributed by atoms with van der Waals surface area (Å²) in [7, 11) is 0. The minimum atomic E-state index is 0.556. The Labute approximate surface area is 84.8 Å². The number of nitrogens with one attached hydrogen (secondary N) is 1. The van der Waals surface area contributed by atoms with E-state index in [1.54, 1.807) is 0 Å². The van der Waals surface area contributed by atoms with E-state index < -0.39 is 0 Å². The molecule has 0 spiro atoms. The molecule has 2 bridgehead atoms. The highest BCUT2D eigenvalue weighted by molar-refractivity contribution is 5.25. The van der Waals surface area contributed by atoms with Crippen LogP contribution in [0.2, 0.25) is 0 Å². The quantitative estimate of drug-likeness (QED) is 0.663. The summed E-state index contributed by atoms with van der Waals surface area (Å²) in [6.07, 6.45) is 7.37. The van der Waals surface area contributed by atoms with E-state index in [9.17, 15) is 0 Å². The molecule has 1 saturated heterocycles. The van der Waals surface area contributed by atoms with Gasteiger partial charge in [0.15, 0.2) is 0 Å². The Morgan fingerprint density at radius 2 is 1.86 bits per heavy atom. The normalized spacial score (nSPS) is 34.7. The molecular formula is C13H15N. The first kappa shape index (κ1) is 8.25. The van der Waals surface area contributed by atoms with Gasteiger partial charge >= 0.3 is 0 Å². The van der Waals surface area contributed by atoms with Crippen LogP contribution in [0.5, 0.6) is 0 Å². The Hall–Kier alpha value is -1.08. The van der Waals surface area contributed by atoms with Gasteiger partial charge in [-0.3, -0.25) is 0 Å². The summed E-state index contributed by atoms with van der Waals surface area (Å²) in [4.78, 5) is 0. The van der Waals surface area contributed by atoms with Crippen LogP contribution in [-0.2, 0) is 0 Å². The molecule has 1 unspecified atom stereocenters. The van der Waals surface area contributed by atoms with Gasteiger partial charge in [-0.25, -0.2) is 0 Å². The molecule has 0 radical (unpaired) electrons. The fourth-order valence-corrected chi connectivity index (χ4v) is 2.62. The van der Waals surface area contributed by atoms with Crippen molar-refractivity contribution in [1.82, 2.24) is 5.32 Å². The maximum Gasteiger partial charge on any atom is 0.0388 e. The number of hydrogen-bond acceptors (Lipinski definition) is 1. The largest absolute Gasteiger partial charge is 0.303 e. The average molecular weight is 185 g/mol. The Balaban J connectivity index is 1.91. The van der Waals surface area contributed by atoms with E-state index in [1.165, 1.54) is 18.4 Å². The van der Waals surface area contributed by atoms with E-state index in [0.717, 1.165) is 0 Å². The first-order valence-corrected chi connectivity index (χ1v) is 5.43. The van der Waals surface area contributed by atoms with Crippen molar-refractivity contribution >= 4 is 0 Å². The zero-order chi connectivity index (χ0) is 9.38. The van der Waals surface area contributed by atoms with Gasteiger partial charge in [-0.05, 0) is 24.3 Å². The van der Waals surface area contributed by atoms with Gasteiger partial charge in [0.1, 0.15) is 0 Å². The Kier molecular flexibility index (Phi) is 1.91. The van der Waals surface area contributed by atoms with Crippen LogP contribution < -0.4 is 5.32 Å². The second kappa shape index (κ2) is 3.25. The third-order valence-electron chi connectivity index (χ3n) is 3.38. The summed E-state index contributed by atoms with van der Waals surface area (Å²) >= 11 is 0. The van der Waals surface area contributed by atoms with Crippen LogP contribution in [0.3, 0.4) is 0 Å². The van der Waals surface area contributed by atoms with E-state index in [0.29, 0.717) is 18.0 Å². The zero-order valence-corrected chi connectivity index (χ0v) is 8.19. The summed E-state index contributed by atoms with van der Waals surface area (Å²) in [6.45, 7) is 0. The van der Waals surface area contributed by atoms with E-state index in [4.69, 9.17) is 0 Å². The molecule has 1 aromatic carbocycles. The lowest BCUT2D eigenvalue weighted by molar-refractivity contribution is 0.276. The van der Waals surface area contributed by atoms with E-state index in [1.807, 2.05) is 0 Å². The molecule has 4 rings (SSSR count). The topological polar surface area (TPSA) is 12.0 Å². The smallest absolute Gasteiger partial charge is 0.0388 e. The molecule has 1 aliphatic carbocycles. The SMILES string of the molecule is C1=C[C@H]2CC[C@@H]1C(c1ccccc1)N2. The number of piperidine rings is 1. The van der Waals surface area contributed by atoms with Gasteiger partial charge in [-0.1, -0.05) is 42.5 Å². The lowest BCUT2D eigenvalue weighted by atomic mass is 9.79. The molecule has 1 heteroatoms. The van der Waals surface area contributed by atoms with Crippen LogP contribution in [0.25, 0.3) is 0 Å². The maximum absolute atomic E-state index is 3.68. The predicted molar refractivity (Wildman–Crippen MR) is 58.0 cm³/mol. The fraction of sp³-hybridized carbons (Fsp3) is 0.385. The number of benzene rings is 1. The average Bonchev–Trinajstić information content (AvgIpc) is 2.32. The van der Waals surface area contributed by atoms with Gasteiger partial charge in [-0.15, -0.1) is 0 Å². The molecule has 14 heavy (non-hydrogen) atoms. The molecule has 2 aliphatic heterocycles. The molecule has 1 fully saturated rings. The van der Waals surface area contributed by atoms with Crippen molar-refractivity contribution < 1.29 is 0 Å². The van der Waals surface area contributed by atoms with Crippen LogP contribution in [0.4, 0.5) is 0 Å². The summed E-state index contributed by atoms with van der Waals surface area (Å²) in [5.74, 6) is 0.711. The summed E-state index contributed by atoms with van der Waals surface area (Å²) < 4.78 is 0. The van der Waals surface area contributed by atoms with Crippen LogP contribution in [0.1, 0.15) is 24.4 Å². The molecule has 2 heterocycles. The van der Waals surface area contributed by atoms with E-state index in [2.05, 4.69) is 47.8 Å². The number of rotatable bonds is 1. The highest BCUT2D eigenvalue weighted by atomic mass is 15.0. The van der Waals surface area contributed by atoms with Crippen LogP contribution >= 0.6 is 0 Å². The molecule has 0 saturated carbocycles. The summed E-state index contributed by atoms with van der Waals surface area (Å²) in [5.41, 5.74) is 1.44. The van der Waals surface area contributed by atoms with Crippen molar-refractivity contribution in [2.24, 2.45) is 5.92 Å². The zero-order valence-electron chi connectivity index (χ0n) is 8.19. The molecule has 1 N–H and O–H groups in total. The Bertz CT molecular complexity index is 342. The first-order valence-electron chi connectivity index (χ1n) is 5.43. The predicted octanol–water partition coefficient (Wildman–Crippen LogP) is 2.67. The van der Waals surface area contributed by atoms with Gasteiger partial charge in [-0.2, -0.15) is 0 Å². The third-order valence-corrected chi connectivity index (χ3v) is 3.38.